The Balaban J connectivity index is 0.00000220. The number of rotatable bonds is 4. The van der Waals surface area contributed by atoms with Crippen molar-refractivity contribution in [1.29, 1.82) is 0 Å². The second-order valence-electron chi connectivity index (χ2n) is 5.26. The summed E-state index contributed by atoms with van der Waals surface area (Å²) in [5, 5.41) is 2.98. The molecule has 1 aliphatic heterocycles. The minimum Gasteiger partial charge on any atom is -0.374 e. The summed E-state index contributed by atoms with van der Waals surface area (Å²) in [6, 6.07) is 5.93. The van der Waals surface area contributed by atoms with Gasteiger partial charge in [-0.25, -0.2) is 0 Å². The summed E-state index contributed by atoms with van der Waals surface area (Å²) < 4.78 is 5.49. The normalized spacial score (nSPS) is 18.9. The topological polar surface area (TPSA) is 67.6 Å². The molecule has 2 rings (SSSR count). The first-order valence-corrected chi connectivity index (χ1v) is 7.00. The van der Waals surface area contributed by atoms with Crippen LogP contribution in [-0.2, 0) is 9.53 Å². The molecule has 0 saturated carbocycles. The monoisotopic (exact) mass is 313 g/mol. The SMILES string of the molecule is Cc1cccc(NC(=O)CN2CCOC(CN)C2)c1C.Cl. The van der Waals surface area contributed by atoms with E-state index in [1.54, 1.807) is 0 Å². The first-order chi connectivity index (χ1) is 9.60. The van der Waals surface area contributed by atoms with Crippen LogP contribution in [0.1, 0.15) is 11.1 Å². The molecule has 1 amide bonds. The Morgan fingerprint density at radius 3 is 2.95 bits per heavy atom. The molecular weight excluding hydrogens is 290 g/mol. The van der Waals surface area contributed by atoms with E-state index in [1.807, 2.05) is 32.0 Å². The van der Waals surface area contributed by atoms with Gasteiger partial charge in [0.05, 0.1) is 19.3 Å². The lowest BCUT2D eigenvalue weighted by atomic mass is 10.1. The lowest BCUT2D eigenvalue weighted by Crippen LogP contribution is -2.48. The maximum atomic E-state index is 12.1. The van der Waals surface area contributed by atoms with Crippen LogP contribution in [0.4, 0.5) is 5.69 Å². The molecule has 1 aromatic carbocycles. The van der Waals surface area contributed by atoms with Gasteiger partial charge >= 0.3 is 0 Å². The third-order valence-electron chi connectivity index (χ3n) is 3.73. The minimum absolute atomic E-state index is 0. The summed E-state index contributed by atoms with van der Waals surface area (Å²) in [6.45, 7) is 7.07. The molecule has 0 spiro atoms. The van der Waals surface area contributed by atoms with Crippen LogP contribution in [0.2, 0.25) is 0 Å². The van der Waals surface area contributed by atoms with Gasteiger partial charge < -0.3 is 15.8 Å². The Kier molecular flexibility index (Phi) is 7.11. The number of ether oxygens (including phenoxy) is 1. The van der Waals surface area contributed by atoms with Gasteiger partial charge in [-0.3, -0.25) is 9.69 Å². The zero-order valence-corrected chi connectivity index (χ0v) is 13.4. The van der Waals surface area contributed by atoms with Gasteiger partial charge in [-0.1, -0.05) is 12.1 Å². The second-order valence-corrected chi connectivity index (χ2v) is 5.26. The van der Waals surface area contributed by atoms with Crippen LogP contribution in [0, 0.1) is 13.8 Å². The molecule has 1 heterocycles. The van der Waals surface area contributed by atoms with Gasteiger partial charge in [0.2, 0.25) is 5.91 Å². The summed E-state index contributed by atoms with van der Waals surface area (Å²) in [7, 11) is 0. The van der Waals surface area contributed by atoms with Gasteiger partial charge in [-0.15, -0.1) is 12.4 Å². The summed E-state index contributed by atoms with van der Waals surface area (Å²) in [5.74, 6) is 0.0105. The molecule has 6 heteroatoms. The number of halogens is 1. The van der Waals surface area contributed by atoms with Crippen LogP contribution in [0.3, 0.4) is 0 Å². The molecule has 1 fully saturated rings. The van der Waals surface area contributed by atoms with Crippen molar-refractivity contribution in [2.75, 3.05) is 38.1 Å². The van der Waals surface area contributed by atoms with Crippen LogP contribution in [-0.4, -0.2) is 49.7 Å². The third kappa shape index (κ3) is 4.97. The van der Waals surface area contributed by atoms with E-state index < -0.39 is 0 Å². The summed E-state index contributed by atoms with van der Waals surface area (Å²) in [4.78, 5) is 14.2. The Labute approximate surface area is 132 Å². The number of anilines is 1. The van der Waals surface area contributed by atoms with E-state index in [0.717, 1.165) is 24.3 Å². The fraction of sp³-hybridized carbons (Fsp3) is 0.533. The molecule has 1 aliphatic rings. The second kappa shape index (κ2) is 8.34. The van der Waals surface area contributed by atoms with Crippen molar-refractivity contribution >= 4 is 24.0 Å². The van der Waals surface area contributed by atoms with Gasteiger partial charge in [-0.05, 0) is 31.0 Å². The Morgan fingerprint density at radius 2 is 2.24 bits per heavy atom. The van der Waals surface area contributed by atoms with Gasteiger partial charge in [0, 0.05) is 25.3 Å². The van der Waals surface area contributed by atoms with Gasteiger partial charge in [0.15, 0.2) is 0 Å². The summed E-state index contributed by atoms with van der Waals surface area (Å²) >= 11 is 0. The standard InChI is InChI=1S/C15H23N3O2.ClH/c1-11-4-3-5-14(12(11)2)17-15(19)10-18-6-7-20-13(8-16)9-18;/h3-5,13H,6-10,16H2,1-2H3,(H,17,19);1H. The Bertz CT molecular complexity index is 482. The summed E-state index contributed by atoms with van der Waals surface area (Å²) in [5.41, 5.74) is 8.78. The molecule has 1 atom stereocenters. The number of aryl methyl sites for hydroxylation is 1. The van der Waals surface area contributed by atoms with E-state index in [2.05, 4.69) is 10.2 Å². The fourth-order valence-electron chi connectivity index (χ4n) is 2.35. The number of carbonyl (C=O) groups excluding carboxylic acids is 1. The zero-order chi connectivity index (χ0) is 14.5. The number of benzene rings is 1. The third-order valence-corrected chi connectivity index (χ3v) is 3.73. The Hall–Kier alpha value is -1.14. The average Bonchev–Trinajstić information content (AvgIpc) is 2.44. The van der Waals surface area contributed by atoms with E-state index in [9.17, 15) is 4.79 Å². The molecule has 0 radical (unpaired) electrons. The quantitative estimate of drug-likeness (QED) is 0.880. The number of morpholine rings is 1. The van der Waals surface area contributed by atoms with Crippen molar-refractivity contribution in [1.82, 2.24) is 4.90 Å². The lowest BCUT2D eigenvalue weighted by Gasteiger charge is -2.31. The van der Waals surface area contributed by atoms with Crippen molar-refractivity contribution in [2.24, 2.45) is 5.73 Å². The first kappa shape index (κ1) is 17.9. The number of hydrogen-bond acceptors (Lipinski definition) is 4. The van der Waals surface area contributed by atoms with Crippen LogP contribution in [0.25, 0.3) is 0 Å². The van der Waals surface area contributed by atoms with E-state index in [4.69, 9.17) is 10.5 Å². The molecule has 1 aromatic rings. The predicted octanol–water partition coefficient (Wildman–Crippen LogP) is 1.32. The zero-order valence-electron chi connectivity index (χ0n) is 12.6. The number of nitrogens with two attached hydrogens (primary N) is 1. The van der Waals surface area contributed by atoms with Crippen molar-refractivity contribution in [2.45, 2.75) is 20.0 Å². The van der Waals surface area contributed by atoms with Crippen molar-refractivity contribution in [3.63, 3.8) is 0 Å². The van der Waals surface area contributed by atoms with Crippen molar-refractivity contribution in [3.05, 3.63) is 29.3 Å². The molecule has 1 saturated heterocycles. The highest BCUT2D eigenvalue weighted by atomic mass is 35.5. The van der Waals surface area contributed by atoms with Crippen LogP contribution >= 0.6 is 12.4 Å². The molecule has 5 nitrogen and oxygen atoms in total. The molecule has 0 aromatic heterocycles. The molecule has 0 aliphatic carbocycles. The summed E-state index contributed by atoms with van der Waals surface area (Å²) in [6.07, 6.45) is 0.0391. The molecular formula is C15H24ClN3O2. The highest BCUT2D eigenvalue weighted by Gasteiger charge is 2.21. The smallest absolute Gasteiger partial charge is 0.238 e. The largest absolute Gasteiger partial charge is 0.374 e. The molecule has 3 N–H and O–H groups in total. The van der Waals surface area contributed by atoms with Crippen LogP contribution in [0.5, 0.6) is 0 Å². The van der Waals surface area contributed by atoms with Crippen molar-refractivity contribution < 1.29 is 9.53 Å². The Morgan fingerprint density at radius 1 is 1.48 bits per heavy atom. The van der Waals surface area contributed by atoms with Gasteiger partial charge in [0.1, 0.15) is 0 Å². The molecule has 21 heavy (non-hydrogen) atoms. The highest BCUT2D eigenvalue weighted by Crippen LogP contribution is 2.17. The van der Waals surface area contributed by atoms with E-state index in [-0.39, 0.29) is 24.4 Å². The van der Waals surface area contributed by atoms with Crippen LogP contribution < -0.4 is 11.1 Å². The highest BCUT2D eigenvalue weighted by molar-refractivity contribution is 5.93. The van der Waals surface area contributed by atoms with E-state index in [0.29, 0.717) is 19.7 Å². The number of hydrogen-bond donors (Lipinski definition) is 2. The molecule has 0 bridgehead atoms. The molecule has 1 unspecified atom stereocenters. The van der Waals surface area contributed by atoms with Crippen LogP contribution in [0.15, 0.2) is 18.2 Å². The number of nitrogens with zero attached hydrogens (tertiary/aromatic N) is 1. The predicted molar refractivity (Wildman–Crippen MR) is 87.0 cm³/mol. The molecule has 118 valence electrons. The average molecular weight is 314 g/mol. The number of amides is 1. The number of carbonyl (C=O) groups is 1. The van der Waals surface area contributed by atoms with E-state index >= 15 is 0 Å². The van der Waals surface area contributed by atoms with Crippen molar-refractivity contribution in [3.8, 4) is 0 Å². The van der Waals surface area contributed by atoms with E-state index in [1.165, 1.54) is 5.56 Å². The van der Waals surface area contributed by atoms with Gasteiger partial charge in [-0.2, -0.15) is 0 Å². The van der Waals surface area contributed by atoms with Gasteiger partial charge in [0.25, 0.3) is 0 Å². The minimum atomic E-state index is 0. The number of nitrogens with one attached hydrogen (secondary N) is 1. The maximum Gasteiger partial charge on any atom is 0.238 e. The lowest BCUT2D eigenvalue weighted by molar-refractivity contribution is -0.119. The fourth-order valence-corrected chi connectivity index (χ4v) is 2.35. The first-order valence-electron chi connectivity index (χ1n) is 7.00. The maximum absolute atomic E-state index is 12.1.